The SMILES string of the molecule is CCOc1ccc(-n2c(SCC(=O)Nc3ccccc3C(F)(F)F)nnc2-c2c[nH]c3ccccc23)cc1. The van der Waals surface area contributed by atoms with E-state index in [1.165, 1.54) is 18.2 Å². The zero-order chi connectivity index (χ0) is 26.7. The number of amides is 1. The summed E-state index contributed by atoms with van der Waals surface area (Å²) in [5, 5.41) is 12.5. The number of fused-ring (bicyclic) bond motifs is 1. The smallest absolute Gasteiger partial charge is 0.418 e. The molecule has 0 spiro atoms. The molecule has 5 aromatic rings. The number of hydrogen-bond acceptors (Lipinski definition) is 5. The van der Waals surface area contributed by atoms with Crippen LogP contribution in [0.4, 0.5) is 18.9 Å². The summed E-state index contributed by atoms with van der Waals surface area (Å²) in [6, 6.07) is 20.0. The molecule has 7 nitrogen and oxygen atoms in total. The average molecular weight is 538 g/mol. The lowest BCUT2D eigenvalue weighted by Crippen LogP contribution is -2.18. The Morgan fingerprint density at radius 1 is 1.03 bits per heavy atom. The number of benzene rings is 3. The number of aromatic nitrogens is 4. The Labute approximate surface area is 220 Å². The second-order valence-corrected chi connectivity index (χ2v) is 9.14. The van der Waals surface area contributed by atoms with E-state index in [2.05, 4.69) is 20.5 Å². The number of halogens is 3. The van der Waals surface area contributed by atoms with Crippen LogP contribution in [0.1, 0.15) is 12.5 Å². The van der Waals surface area contributed by atoms with Crippen molar-refractivity contribution >= 4 is 34.3 Å². The molecule has 0 saturated heterocycles. The summed E-state index contributed by atoms with van der Waals surface area (Å²) < 4.78 is 47.3. The summed E-state index contributed by atoms with van der Waals surface area (Å²) in [7, 11) is 0. The zero-order valence-corrected chi connectivity index (χ0v) is 20.9. The number of aromatic amines is 1. The highest BCUT2D eigenvalue weighted by molar-refractivity contribution is 7.99. The van der Waals surface area contributed by atoms with Crippen molar-refractivity contribution in [3.05, 3.63) is 84.6 Å². The van der Waals surface area contributed by atoms with Gasteiger partial charge < -0.3 is 15.0 Å². The Kier molecular flexibility index (Phi) is 7.10. The third-order valence-electron chi connectivity index (χ3n) is 5.71. The molecule has 0 radical (unpaired) electrons. The molecule has 0 aliphatic heterocycles. The second-order valence-electron chi connectivity index (χ2n) is 8.20. The number of nitrogens with zero attached hydrogens (tertiary/aromatic N) is 3. The van der Waals surface area contributed by atoms with Gasteiger partial charge in [-0.2, -0.15) is 13.2 Å². The van der Waals surface area contributed by atoms with E-state index in [0.717, 1.165) is 40.0 Å². The fourth-order valence-corrected chi connectivity index (χ4v) is 4.79. The fourth-order valence-electron chi connectivity index (χ4n) is 4.04. The van der Waals surface area contributed by atoms with E-state index in [-0.39, 0.29) is 11.4 Å². The van der Waals surface area contributed by atoms with Crippen LogP contribution in [0.15, 0.2) is 84.1 Å². The molecule has 0 fully saturated rings. The first-order valence-electron chi connectivity index (χ1n) is 11.7. The van der Waals surface area contributed by atoms with Gasteiger partial charge in [-0.1, -0.05) is 42.1 Å². The molecule has 3 aromatic carbocycles. The number of nitrogens with one attached hydrogen (secondary N) is 2. The Hall–Kier alpha value is -4.25. The van der Waals surface area contributed by atoms with Gasteiger partial charge in [0.1, 0.15) is 5.75 Å². The van der Waals surface area contributed by atoms with Crippen LogP contribution in [0.5, 0.6) is 5.75 Å². The molecular weight excluding hydrogens is 515 g/mol. The molecule has 2 aromatic heterocycles. The largest absolute Gasteiger partial charge is 0.494 e. The van der Waals surface area contributed by atoms with Crippen molar-refractivity contribution in [2.75, 3.05) is 17.7 Å². The van der Waals surface area contributed by atoms with Crippen LogP contribution in [-0.2, 0) is 11.0 Å². The molecule has 194 valence electrons. The van der Waals surface area contributed by atoms with Gasteiger partial charge in [0.25, 0.3) is 0 Å². The number of carbonyl (C=O) groups is 1. The van der Waals surface area contributed by atoms with Gasteiger partial charge >= 0.3 is 6.18 Å². The molecule has 0 saturated carbocycles. The lowest BCUT2D eigenvalue weighted by molar-refractivity contribution is -0.137. The number of anilines is 1. The van der Waals surface area contributed by atoms with Gasteiger partial charge in [-0.3, -0.25) is 9.36 Å². The van der Waals surface area contributed by atoms with E-state index >= 15 is 0 Å². The summed E-state index contributed by atoms with van der Waals surface area (Å²) in [5.74, 6) is 0.489. The Morgan fingerprint density at radius 3 is 2.53 bits per heavy atom. The van der Waals surface area contributed by atoms with Crippen molar-refractivity contribution in [1.29, 1.82) is 0 Å². The number of ether oxygens (including phenoxy) is 1. The predicted octanol–water partition coefficient (Wildman–Crippen LogP) is 6.56. The van der Waals surface area contributed by atoms with Crippen LogP contribution in [0.25, 0.3) is 28.0 Å². The number of H-pyrrole nitrogens is 1. The van der Waals surface area contributed by atoms with E-state index in [1.54, 1.807) is 0 Å². The van der Waals surface area contributed by atoms with Crippen molar-refractivity contribution < 1.29 is 22.7 Å². The molecule has 0 unspecified atom stereocenters. The number of carbonyl (C=O) groups excluding carboxylic acids is 1. The van der Waals surface area contributed by atoms with Crippen molar-refractivity contribution in [3.8, 4) is 22.8 Å². The Balaban J connectivity index is 1.45. The Morgan fingerprint density at radius 2 is 1.76 bits per heavy atom. The second kappa shape index (κ2) is 10.6. The maximum atomic E-state index is 13.3. The van der Waals surface area contributed by atoms with Crippen molar-refractivity contribution in [2.24, 2.45) is 0 Å². The summed E-state index contributed by atoms with van der Waals surface area (Å²) in [4.78, 5) is 15.9. The topological polar surface area (TPSA) is 84.8 Å². The quantitative estimate of drug-likeness (QED) is 0.219. The highest BCUT2D eigenvalue weighted by Gasteiger charge is 2.33. The molecule has 2 heterocycles. The minimum absolute atomic E-state index is 0.171. The molecule has 5 rings (SSSR count). The van der Waals surface area contributed by atoms with Crippen LogP contribution < -0.4 is 10.1 Å². The first kappa shape index (κ1) is 25.4. The highest BCUT2D eigenvalue weighted by atomic mass is 32.2. The molecule has 1 amide bonds. The first-order valence-corrected chi connectivity index (χ1v) is 12.7. The number of para-hydroxylation sites is 2. The van der Waals surface area contributed by atoms with Gasteiger partial charge in [0.05, 0.1) is 23.6 Å². The van der Waals surface area contributed by atoms with Crippen LogP contribution in [0, 0.1) is 0 Å². The fraction of sp³-hybridized carbons (Fsp3) is 0.148. The van der Waals surface area contributed by atoms with E-state index in [4.69, 9.17) is 4.74 Å². The molecular formula is C27H22F3N5O2S. The third-order valence-corrected chi connectivity index (χ3v) is 6.64. The standard InChI is InChI=1S/C27H22F3N5O2S/c1-2-37-18-13-11-17(12-14-18)35-25(20-15-31-22-9-5-3-7-19(20)22)33-34-26(35)38-16-24(36)32-23-10-6-4-8-21(23)27(28,29)30/h3-15,31H,2,16H2,1H3,(H,32,36). The van der Waals surface area contributed by atoms with Gasteiger partial charge in [-0.25, -0.2) is 0 Å². The van der Waals surface area contributed by atoms with E-state index < -0.39 is 17.6 Å². The van der Waals surface area contributed by atoms with Gasteiger partial charge in [0.2, 0.25) is 5.91 Å². The van der Waals surface area contributed by atoms with Crippen LogP contribution in [0.2, 0.25) is 0 Å². The third kappa shape index (κ3) is 5.23. The molecule has 11 heteroatoms. The molecule has 0 atom stereocenters. The predicted molar refractivity (Wildman–Crippen MR) is 141 cm³/mol. The number of rotatable bonds is 8. The number of alkyl halides is 3. The molecule has 38 heavy (non-hydrogen) atoms. The summed E-state index contributed by atoms with van der Waals surface area (Å²) >= 11 is 1.08. The zero-order valence-electron chi connectivity index (χ0n) is 20.1. The van der Waals surface area contributed by atoms with Gasteiger partial charge in [-0.05, 0) is 49.4 Å². The summed E-state index contributed by atoms with van der Waals surface area (Å²) in [6.07, 6.45) is -2.74. The van der Waals surface area contributed by atoms with Crippen LogP contribution in [-0.4, -0.2) is 38.0 Å². The van der Waals surface area contributed by atoms with Gasteiger partial charge in [0.15, 0.2) is 11.0 Å². The maximum absolute atomic E-state index is 13.3. The van der Waals surface area contributed by atoms with Crippen LogP contribution >= 0.6 is 11.8 Å². The highest BCUT2D eigenvalue weighted by Crippen LogP contribution is 2.35. The first-order chi connectivity index (χ1) is 18.3. The van der Waals surface area contributed by atoms with Crippen molar-refractivity contribution in [3.63, 3.8) is 0 Å². The molecule has 0 aliphatic rings. The maximum Gasteiger partial charge on any atom is 0.418 e. The summed E-state index contributed by atoms with van der Waals surface area (Å²) in [6.45, 7) is 2.43. The van der Waals surface area contributed by atoms with Gasteiger partial charge in [0, 0.05) is 28.4 Å². The van der Waals surface area contributed by atoms with Gasteiger partial charge in [-0.15, -0.1) is 10.2 Å². The lowest BCUT2D eigenvalue weighted by atomic mass is 10.1. The van der Waals surface area contributed by atoms with Crippen LogP contribution in [0.3, 0.4) is 0 Å². The molecule has 2 N–H and O–H groups in total. The average Bonchev–Trinajstić information content (AvgIpc) is 3.52. The number of hydrogen-bond donors (Lipinski definition) is 2. The molecule has 0 bridgehead atoms. The van der Waals surface area contributed by atoms with Crippen molar-refractivity contribution in [2.45, 2.75) is 18.3 Å². The lowest BCUT2D eigenvalue weighted by Gasteiger charge is -2.14. The Bertz CT molecular complexity index is 1580. The number of thioether (sulfide) groups is 1. The van der Waals surface area contributed by atoms with E-state index in [0.29, 0.717) is 23.3 Å². The normalized spacial score (nSPS) is 11.6. The minimum Gasteiger partial charge on any atom is -0.494 e. The minimum atomic E-state index is -4.58. The monoisotopic (exact) mass is 537 g/mol. The molecule has 0 aliphatic carbocycles. The van der Waals surface area contributed by atoms with E-state index in [9.17, 15) is 18.0 Å². The van der Waals surface area contributed by atoms with E-state index in [1.807, 2.05) is 66.2 Å². The summed E-state index contributed by atoms with van der Waals surface area (Å²) in [5.41, 5.74) is 1.29. The van der Waals surface area contributed by atoms with Crippen molar-refractivity contribution in [1.82, 2.24) is 19.7 Å².